The van der Waals surface area contributed by atoms with Crippen LogP contribution in [0.1, 0.15) is 18.5 Å². The maximum Gasteiger partial charge on any atom is 0.312 e. The van der Waals surface area contributed by atoms with Crippen LogP contribution in [0.15, 0.2) is 6.20 Å². The van der Waals surface area contributed by atoms with Crippen LogP contribution in [0, 0.1) is 0 Å². The van der Waals surface area contributed by atoms with E-state index < -0.39 is 11.9 Å². The summed E-state index contributed by atoms with van der Waals surface area (Å²) in [6, 6.07) is 0. The van der Waals surface area contributed by atoms with Crippen molar-refractivity contribution in [3.05, 3.63) is 11.9 Å². The van der Waals surface area contributed by atoms with Crippen LogP contribution in [0.5, 0.6) is 0 Å². The van der Waals surface area contributed by atoms with Crippen molar-refractivity contribution in [2.45, 2.75) is 12.8 Å². The second-order valence-electron chi connectivity index (χ2n) is 1.96. The van der Waals surface area contributed by atoms with Gasteiger partial charge in [-0.3, -0.25) is 9.89 Å². The molecule has 0 aromatic carbocycles. The number of aromatic amines is 1. The number of hydrogen-bond donors (Lipinski definition) is 2. The lowest BCUT2D eigenvalue weighted by Gasteiger charge is -1.97. The Morgan fingerprint density at radius 1 is 1.90 bits per heavy atom. The number of carboxylic acids is 1. The van der Waals surface area contributed by atoms with Gasteiger partial charge in [0.1, 0.15) is 0 Å². The number of H-pyrrole nitrogens is 1. The summed E-state index contributed by atoms with van der Waals surface area (Å²) in [4.78, 5) is 10.3. The smallest absolute Gasteiger partial charge is 0.312 e. The van der Waals surface area contributed by atoms with Gasteiger partial charge in [-0.25, -0.2) is 0 Å². The molecule has 2 N–H and O–H groups in total. The van der Waals surface area contributed by atoms with Gasteiger partial charge < -0.3 is 5.11 Å². The monoisotopic (exact) mass is 141 g/mol. The molecule has 54 valence electrons. The van der Waals surface area contributed by atoms with E-state index in [-0.39, 0.29) is 0 Å². The van der Waals surface area contributed by atoms with Crippen LogP contribution in [0.25, 0.3) is 0 Å². The van der Waals surface area contributed by atoms with Crippen LogP contribution in [0.4, 0.5) is 0 Å². The summed E-state index contributed by atoms with van der Waals surface area (Å²) in [5, 5.41) is 17.9. The van der Waals surface area contributed by atoms with Crippen molar-refractivity contribution in [3.63, 3.8) is 0 Å². The van der Waals surface area contributed by atoms with E-state index >= 15 is 0 Å². The Hall–Kier alpha value is -1.39. The van der Waals surface area contributed by atoms with Gasteiger partial charge in [-0.2, -0.15) is 0 Å². The third-order valence-electron chi connectivity index (χ3n) is 1.25. The Morgan fingerprint density at radius 2 is 2.60 bits per heavy atom. The molecular formula is C5H7N3O2. The fourth-order valence-corrected chi connectivity index (χ4v) is 0.549. The van der Waals surface area contributed by atoms with E-state index in [0.29, 0.717) is 5.69 Å². The minimum Gasteiger partial charge on any atom is -0.481 e. The van der Waals surface area contributed by atoms with Gasteiger partial charge in [0.05, 0.1) is 11.6 Å². The summed E-state index contributed by atoms with van der Waals surface area (Å²) in [7, 11) is 0. The normalized spacial score (nSPS) is 12.9. The van der Waals surface area contributed by atoms with E-state index in [1.807, 2.05) is 0 Å². The maximum absolute atomic E-state index is 10.3. The molecule has 1 rings (SSSR count). The zero-order chi connectivity index (χ0) is 7.56. The first-order valence-corrected chi connectivity index (χ1v) is 2.81. The van der Waals surface area contributed by atoms with E-state index in [9.17, 15) is 4.79 Å². The Bertz CT molecular complexity index is 219. The van der Waals surface area contributed by atoms with E-state index in [1.54, 1.807) is 6.92 Å². The zero-order valence-electron chi connectivity index (χ0n) is 5.40. The minimum absolute atomic E-state index is 0.451. The summed E-state index contributed by atoms with van der Waals surface area (Å²) >= 11 is 0. The van der Waals surface area contributed by atoms with Crippen molar-refractivity contribution in [2.24, 2.45) is 0 Å². The van der Waals surface area contributed by atoms with Gasteiger partial charge >= 0.3 is 5.97 Å². The highest BCUT2D eigenvalue weighted by atomic mass is 16.4. The fourth-order valence-electron chi connectivity index (χ4n) is 0.549. The lowest BCUT2D eigenvalue weighted by Crippen LogP contribution is -2.07. The molecule has 1 atom stereocenters. The van der Waals surface area contributed by atoms with Crippen LogP contribution >= 0.6 is 0 Å². The number of nitrogens with one attached hydrogen (secondary N) is 1. The van der Waals surface area contributed by atoms with Crippen LogP contribution in [-0.4, -0.2) is 26.5 Å². The Labute approximate surface area is 57.1 Å². The van der Waals surface area contributed by atoms with Gasteiger partial charge in [0.15, 0.2) is 0 Å². The highest BCUT2D eigenvalue weighted by Crippen LogP contribution is 2.08. The maximum atomic E-state index is 10.3. The average Bonchev–Trinajstić information content (AvgIpc) is 2.36. The molecule has 0 fully saturated rings. The first-order valence-electron chi connectivity index (χ1n) is 2.81. The van der Waals surface area contributed by atoms with Gasteiger partial charge in [0.2, 0.25) is 0 Å². The van der Waals surface area contributed by atoms with Crippen LogP contribution in [-0.2, 0) is 4.79 Å². The number of aromatic nitrogens is 3. The van der Waals surface area contributed by atoms with Gasteiger partial charge in [-0.05, 0) is 6.92 Å². The number of rotatable bonds is 2. The van der Waals surface area contributed by atoms with Crippen LogP contribution in [0.2, 0.25) is 0 Å². The summed E-state index contributed by atoms with van der Waals surface area (Å²) in [6.45, 7) is 1.56. The third kappa shape index (κ3) is 1.12. The number of carboxylic acid groups (broad SMARTS) is 1. The predicted molar refractivity (Wildman–Crippen MR) is 32.4 cm³/mol. The Kier molecular flexibility index (Phi) is 1.66. The fraction of sp³-hybridized carbons (Fsp3) is 0.400. The molecule has 0 spiro atoms. The molecule has 0 saturated carbocycles. The molecular weight excluding hydrogens is 134 g/mol. The highest BCUT2D eigenvalue weighted by Gasteiger charge is 2.15. The molecule has 0 saturated heterocycles. The largest absolute Gasteiger partial charge is 0.481 e. The molecule has 0 amide bonds. The van der Waals surface area contributed by atoms with Gasteiger partial charge in [-0.15, -0.1) is 5.10 Å². The van der Waals surface area contributed by atoms with Gasteiger partial charge in [-0.1, -0.05) is 5.21 Å². The molecule has 0 aliphatic carbocycles. The number of aliphatic carboxylic acids is 1. The first kappa shape index (κ1) is 6.73. The predicted octanol–water partition coefficient (Wildman–Crippen LogP) is -0.00720. The molecule has 0 radical (unpaired) electrons. The van der Waals surface area contributed by atoms with Crippen LogP contribution < -0.4 is 0 Å². The number of hydrogen-bond acceptors (Lipinski definition) is 3. The highest BCUT2D eigenvalue weighted by molar-refractivity contribution is 5.74. The molecule has 5 nitrogen and oxygen atoms in total. The van der Waals surface area contributed by atoms with E-state index in [1.165, 1.54) is 6.20 Å². The standard InChI is InChI=1S/C5H7N3O2/c1-3(5(9)10)4-2-6-8-7-4/h2-3H,1H3,(H,9,10)(H,6,7,8). The van der Waals surface area contributed by atoms with E-state index in [2.05, 4.69) is 15.4 Å². The molecule has 1 heterocycles. The molecule has 0 aliphatic rings. The van der Waals surface area contributed by atoms with Gasteiger partial charge in [0, 0.05) is 6.20 Å². The third-order valence-corrected chi connectivity index (χ3v) is 1.25. The SMILES string of the molecule is CC(C(=O)O)c1c[nH]nn1. The summed E-state index contributed by atoms with van der Waals surface area (Å²) < 4.78 is 0. The van der Waals surface area contributed by atoms with Crippen molar-refractivity contribution in [1.29, 1.82) is 0 Å². The molecule has 1 aromatic rings. The second-order valence-corrected chi connectivity index (χ2v) is 1.96. The van der Waals surface area contributed by atoms with Gasteiger partial charge in [0.25, 0.3) is 0 Å². The van der Waals surface area contributed by atoms with Crippen molar-refractivity contribution in [2.75, 3.05) is 0 Å². The minimum atomic E-state index is -0.895. The molecule has 5 heteroatoms. The van der Waals surface area contributed by atoms with Crippen LogP contribution in [0.3, 0.4) is 0 Å². The molecule has 0 aliphatic heterocycles. The van der Waals surface area contributed by atoms with Crippen molar-refractivity contribution in [1.82, 2.24) is 15.4 Å². The summed E-state index contributed by atoms with van der Waals surface area (Å²) in [5.41, 5.74) is 0.451. The second kappa shape index (κ2) is 2.47. The number of nitrogens with zero attached hydrogens (tertiary/aromatic N) is 2. The molecule has 10 heavy (non-hydrogen) atoms. The summed E-state index contributed by atoms with van der Waals surface area (Å²) in [5.74, 6) is -1.48. The summed E-state index contributed by atoms with van der Waals surface area (Å²) in [6.07, 6.45) is 1.47. The molecule has 0 bridgehead atoms. The topological polar surface area (TPSA) is 78.9 Å². The first-order chi connectivity index (χ1) is 4.72. The van der Waals surface area contributed by atoms with Crippen molar-refractivity contribution in [3.8, 4) is 0 Å². The zero-order valence-corrected chi connectivity index (χ0v) is 5.40. The molecule has 1 unspecified atom stereocenters. The lowest BCUT2D eigenvalue weighted by molar-refractivity contribution is -0.138. The Morgan fingerprint density at radius 3 is 3.00 bits per heavy atom. The Balaban J connectivity index is 2.77. The van der Waals surface area contributed by atoms with E-state index in [4.69, 9.17) is 5.11 Å². The van der Waals surface area contributed by atoms with Crippen molar-refractivity contribution < 1.29 is 9.90 Å². The van der Waals surface area contributed by atoms with Crippen molar-refractivity contribution >= 4 is 5.97 Å². The number of carbonyl (C=O) groups is 1. The average molecular weight is 141 g/mol. The van der Waals surface area contributed by atoms with E-state index in [0.717, 1.165) is 0 Å². The molecule has 1 aromatic heterocycles. The quantitative estimate of drug-likeness (QED) is 0.607. The lowest BCUT2D eigenvalue weighted by atomic mass is 10.1.